The summed E-state index contributed by atoms with van der Waals surface area (Å²) in [5.74, 6) is 0.915. The average molecular weight is 265 g/mol. The van der Waals surface area contributed by atoms with Crippen molar-refractivity contribution >= 4 is 39.5 Å². The summed E-state index contributed by atoms with van der Waals surface area (Å²) in [4.78, 5) is 17.2. The summed E-state index contributed by atoms with van der Waals surface area (Å²) in [5.41, 5.74) is 1.21. The Morgan fingerprint density at radius 2 is 2.47 bits per heavy atom. The Hall–Kier alpha value is -1.40. The Bertz CT molecular complexity index is 547. The molecule has 0 saturated carbocycles. The van der Waals surface area contributed by atoms with Crippen molar-refractivity contribution in [3.05, 3.63) is 27.3 Å². The second-order valence-electron chi connectivity index (χ2n) is 3.84. The minimum atomic E-state index is 0.0432. The molecule has 2 aromatic rings. The van der Waals surface area contributed by atoms with Crippen molar-refractivity contribution in [2.45, 2.75) is 12.3 Å². The summed E-state index contributed by atoms with van der Waals surface area (Å²) >= 11 is 3.27. The van der Waals surface area contributed by atoms with E-state index in [0.717, 1.165) is 10.0 Å². The Balaban J connectivity index is 2.07. The molecule has 88 valence electrons. The third kappa shape index (κ3) is 1.83. The molecule has 4 nitrogen and oxygen atoms in total. The number of fused-ring (bicyclic) bond motifs is 1. The number of nitrogens with one attached hydrogen (secondary N) is 2. The average Bonchev–Trinajstić information content (AvgIpc) is 2.96. The van der Waals surface area contributed by atoms with E-state index >= 15 is 0 Å². The van der Waals surface area contributed by atoms with E-state index in [2.05, 4.69) is 27.1 Å². The van der Waals surface area contributed by atoms with E-state index in [-0.39, 0.29) is 11.8 Å². The van der Waals surface area contributed by atoms with Crippen LogP contribution < -0.4 is 10.6 Å². The van der Waals surface area contributed by atoms with E-state index in [4.69, 9.17) is 0 Å². The summed E-state index contributed by atoms with van der Waals surface area (Å²) in [6.07, 6.45) is 0.509. The molecule has 6 heteroatoms. The summed E-state index contributed by atoms with van der Waals surface area (Å²) < 4.78 is 0. The molecule has 1 unspecified atom stereocenters. The van der Waals surface area contributed by atoms with Gasteiger partial charge < -0.3 is 10.6 Å². The van der Waals surface area contributed by atoms with Gasteiger partial charge in [-0.05, 0) is 22.4 Å². The van der Waals surface area contributed by atoms with E-state index in [1.54, 1.807) is 22.7 Å². The van der Waals surface area contributed by atoms with Crippen LogP contribution in [0.15, 0.2) is 16.8 Å². The van der Waals surface area contributed by atoms with Gasteiger partial charge in [0.25, 0.3) is 0 Å². The summed E-state index contributed by atoms with van der Waals surface area (Å²) in [7, 11) is 1.84. The Kier molecular flexibility index (Phi) is 2.60. The molecule has 2 aromatic heterocycles. The molecule has 0 radical (unpaired) electrons. The van der Waals surface area contributed by atoms with Gasteiger partial charge in [0.2, 0.25) is 5.91 Å². The van der Waals surface area contributed by atoms with Gasteiger partial charge in [0.05, 0.1) is 4.88 Å². The largest absolute Gasteiger partial charge is 0.365 e. The van der Waals surface area contributed by atoms with E-state index in [9.17, 15) is 4.79 Å². The maximum Gasteiger partial charge on any atom is 0.226 e. The van der Waals surface area contributed by atoms with Gasteiger partial charge >= 0.3 is 0 Å². The van der Waals surface area contributed by atoms with Gasteiger partial charge in [-0.1, -0.05) is 11.3 Å². The molecule has 1 atom stereocenters. The number of carbonyl (C=O) groups excluding carboxylic acids is 1. The zero-order valence-corrected chi connectivity index (χ0v) is 10.8. The second kappa shape index (κ2) is 4.12. The minimum absolute atomic E-state index is 0.0432. The lowest BCUT2D eigenvalue weighted by Gasteiger charge is -2.20. The number of carbonyl (C=O) groups is 1. The third-order valence-corrected chi connectivity index (χ3v) is 4.66. The van der Waals surface area contributed by atoms with Crippen LogP contribution >= 0.6 is 22.7 Å². The van der Waals surface area contributed by atoms with Gasteiger partial charge in [-0.2, -0.15) is 11.3 Å². The summed E-state index contributed by atoms with van der Waals surface area (Å²) in [6, 6.07) is 2.08. The van der Waals surface area contributed by atoms with E-state index in [1.165, 1.54) is 5.56 Å². The second-order valence-corrected chi connectivity index (χ2v) is 5.65. The van der Waals surface area contributed by atoms with E-state index in [0.29, 0.717) is 12.2 Å². The standard InChI is InChI=1S/C11H11N3OS2/c1-12-11-14-10-9(17-11)7(4-8(15)13-10)6-2-3-16-5-6/h2-3,5,7H,4H2,1H3,(H,12,14)(H,13,15). The molecule has 3 rings (SSSR count). The molecule has 1 amide bonds. The van der Waals surface area contributed by atoms with Crippen LogP contribution in [0, 0.1) is 0 Å². The molecule has 2 N–H and O–H groups in total. The molecule has 1 aliphatic heterocycles. The lowest BCUT2D eigenvalue weighted by Crippen LogP contribution is -2.22. The van der Waals surface area contributed by atoms with Crippen LogP contribution in [-0.2, 0) is 4.79 Å². The van der Waals surface area contributed by atoms with Crippen LogP contribution in [0.5, 0.6) is 0 Å². The van der Waals surface area contributed by atoms with Crippen molar-refractivity contribution in [1.82, 2.24) is 4.98 Å². The number of hydrogen-bond donors (Lipinski definition) is 2. The molecule has 17 heavy (non-hydrogen) atoms. The fourth-order valence-electron chi connectivity index (χ4n) is 1.97. The first kappa shape index (κ1) is 10.7. The van der Waals surface area contributed by atoms with Crippen molar-refractivity contribution in [2.75, 3.05) is 17.7 Å². The number of hydrogen-bond acceptors (Lipinski definition) is 5. The zero-order valence-electron chi connectivity index (χ0n) is 9.19. The van der Waals surface area contributed by atoms with Gasteiger partial charge in [-0.25, -0.2) is 4.98 Å². The molecule has 0 aliphatic carbocycles. The first-order chi connectivity index (χ1) is 8.28. The first-order valence-corrected chi connectivity index (χ1v) is 7.04. The fourth-order valence-corrected chi connectivity index (χ4v) is 3.68. The highest BCUT2D eigenvalue weighted by atomic mass is 32.1. The van der Waals surface area contributed by atoms with Crippen molar-refractivity contribution in [3.63, 3.8) is 0 Å². The molecular weight excluding hydrogens is 254 g/mol. The normalized spacial score (nSPS) is 18.6. The fraction of sp³-hybridized carbons (Fsp3) is 0.273. The van der Waals surface area contributed by atoms with Crippen LogP contribution in [0.25, 0.3) is 0 Å². The molecule has 1 aliphatic rings. The lowest BCUT2D eigenvalue weighted by molar-refractivity contribution is -0.116. The number of amides is 1. The highest BCUT2D eigenvalue weighted by Gasteiger charge is 2.30. The summed E-state index contributed by atoms with van der Waals surface area (Å²) in [6.45, 7) is 0. The number of aromatic nitrogens is 1. The first-order valence-electron chi connectivity index (χ1n) is 5.28. The third-order valence-electron chi connectivity index (χ3n) is 2.78. The molecule has 0 bridgehead atoms. The Labute approximate surface area is 107 Å². The maximum absolute atomic E-state index is 11.7. The van der Waals surface area contributed by atoms with Gasteiger partial charge in [0, 0.05) is 19.4 Å². The smallest absolute Gasteiger partial charge is 0.226 e. The SMILES string of the molecule is CNc1nc2c(s1)C(c1ccsc1)CC(=O)N2. The molecule has 0 saturated heterocycles. The Morgan fingerprint density at radius 3 is 3.18 bits per heavy atom. The summed E-state index contributed by atoms with van der Waals surface area (Å²) in [5, 5.41) is 10.8. The van der Waals surface area contributed by atoms with Crippen LogP contribution in [0.2, 0.25) is 0 Å². The molecule has 0 fully saturated rings. The number of thiophene rings is 1. The van der Waals surface area contributed by atoms with Crippen LogP contribution in [0.4, 0.5) is 10.9 Å². The van der Waals surface area contributed by atoms with Crippen LogP contribution in [-0.4, -0.2) is 17.9 Å². The van der Waals surface area contributed by atoms with Crippen molar-refractivity contribution in [1.29, 1.82) is 0 Å². The highest BCUT2D eigenvalue weighted by Crippen LogP contribution is 2.42. The zero-order chi connectivity index (χ0) is 11.8. The van der Waals surface area contributed by atoms with Crippen molar-refractivity contribution < 1.29 is 4.79 Å². The quantitative estimate of drug-likeness (QED) is 0.878. The topological polar surface area (TPSA) is 54.0 Å². The minimum Gasteiger partial charge on any atom is -0.365 e. The predicted molar refractivity (Wildman–Crippen MR) is 71.1 cm³/mol. The molecule has 3 heterocycles. The number of thiazole rings is 1. The maximum atomic E-state index is 11.7. The van der Waals surface area contributed by atoms with Crippen molar-refractivity contribution in [3.8, 4) is 0 Å². The van der Waals surface area contributed by atoms with Gasteiger partial charge in [0.15, 0.2) is 5.13 Å². The van der Waals surface area contributed by atoms with E-state index in [1.807, 2.05) is 12.4 Å². The van der Waals surface area contributed by atoms with Gasteiger partial charge in [0.1, 0.15) is 5.82 Å². The molecule has 0 spiro atoms. The predicted octanol–water partition coefficient (Wildman–Crippen LogP) is 2.72. The number of anilines is 2. The molecule has 0 aromatic carbocycles. The number of rotatable bonds is 2. The highest BCUT2D eigenvalue weighted by molar-refractivity contribution is 7.16. The monoisotopic (exact) mass is 265 g/mol. The Morgan fingerprint density at radius 1 is 1.59 bits per heavy atom. The van der Waals surface area contributed by atoms with Crippen LogP contribution in [0.1, 0.15) is 22.8 Å². The molecular formula is C11H11N3OS2. The number of nitrogens with zero attached hydrogens (tertiary/aromatic N) is 1. The van der Waals surface area contributed by atoms with Crippen molar-refractivity contribution in [2.24, 2.45) is 0 Å². The van der Waals surface area contributed by atoms with E-state index < -0.39 is 0 Å². The van der Waals surface area contributed by atoms with Crippen LogP contribution in [0.3, 0.4) is 0 Å². The lowest BCUT2D eigenvalue weighted by atomic mass is 9.94. The van der Waals surface area contributed by atoms with Gasteiger partial charge in [-0.3, -0.25) is 4.79 Å². The van der Waals surface area contributed by atoms with Gasteiger partial charge in [-0.15, -0.1) is 0 Å².